The molecule has 1 rings (SSSR count). The van der Waals surface area contributed by atoms with Crippen molar-refractivity contribution in [2.45, 2.75) is 17.7 Å². The molecule has 0 bridgehead atoms. The summed E-state index contributed by atoms with van der Waals surface area (Å²) in [4.78, 5) is 10.4. The lowest BCUT2D eigenvalue weighted by molar-refractivity contribution is -0.140. The van der Waals surface area contributed by atoms with Gasteiger partial charge < -0.3 is 9.84 Å². The minimum absolute atomic E-state index is 0.299. The Morgan fingerprint density at radius 2 is 2.12 bits per heavy atom. The first-order valence-electron chi connectivity index (χ1n) is 4.80. The first kappa shape index (κ1) is 14.4. The molecule has 1 N–H and O–H groups in total. The molecule has 1 aliphatic rings. The van der Waals surface area contributed by atoms with Gasteiger partial charge in [-0.3, -0.25) is 0 Å². The van der Waals surface area contributed by atoms with Gasteiger partial charge in [0.15, 0.2) is 6.61 Å². The number of halogens is 3. The molecule has 1 aliphatic carbocycles. The smallest absolute Gasteiger partial charge is 0.341 e. The van der Waals surface area contributed by atoms with Crippen LogP contribution >= 0.6 is 34.8 Å². The second-order valence-electron chi connectivity index (χ2n) is 3.50. The summed E-state index contributed by atoms with van der Waals surface area (Å²) in [6.07, 6.45) is 4.83. The Kier molecular flexibility index (Phi) is 5.37. The molecule has 0 aromatic heterocycles. The molecule has 0 radical (unpaired) electrons. The summed E-state index contributed by atoms with van der Waals surface area (Å²) in [5, 5.41) is 7.99. The zero-order valence-corrected chi connectivity index (χ0v) is 11.3. The quantitative estimate of drug-likeness (QED) is 0.642. The zero-order chi connectivity index (χ0) is 13.0. The van der Waals surface area contributed by atoms with Gasteiger partial charge in [-0.15, -0.1) is 23.2 Å². The minimum Gasteiger partial charge on any atom is -0.484 e. The second kappa shape index (κ2) is 6.34. The van der Waals surface area contributed by atoms with E-state index >= 15 is 0 Å². The number of carboxylic acids is 1. The van der Waals surface area contributed by atoms with Gasteiger partial charge in [-0.2, -0.15) is 0 Å². The number of allylic oxidation sites excluding steroid dienone is 5. The molecule has 0 saturated heterocycles. The van der Waals surface area contributed by atoms with Gasteiger partial charge in [0.1, 0.15) is 11.1 Å². The molecule has 0 amide bonds. The van der Waals surface area contributed by atoms with Crippen LogP contribution in [-0.2, 0) is 9.53 Å². The standard InChI is InChI=1S/C11H11Cl3O3/c1-6-2-7(12)3-8(13)4-9(11(6)14)17-5-10(15)16/h2-4,7,11H,5H2,1H3,(H,15,16)/b6-2+,8-3?,9-4+. The molecule has 2 unspecified atom stereocenters. The fraction of sp³-hybridized carbons (Fsp3) is 0.364. The third-order valence-corrected chi connectivity index (χ3v) is 3.08. The van der Waals surface area contributed by atoms with Gasteiger partial charge in [0, 0.05) is 5.03 Å². The summed E-state index contributed by atoms with van der Waals surface area (Å²) >= 11 is 18.0. The molecule has 94 valence electrons. The summed E-state index contributed by atoms with van der Waals surface area (Å²) < 4.78 is 5.09. The van der Waals surface area contributed by atoms with E-state index in [4.69, 9.17) is 44.6 Å². The Morgan fingerprint density at radius 1 is 1.47 bits per heavy atom. The molecular formula is C11H11Cl3O3. The zero-order valence-electron chi connectivity index (χ0n) is 8.99. The van der Waals surface area contributed by atoms with E-state index in [1.54, 1.807) is 19.1 Å². The van der Waals surface area contributed by atoms with Gasteiger partial charge in [-0.25, -0.2) is 4.79 Å². The third kappa shape index (κ3) is 4.62. The SMILES string of the molecule is C/C1=C\C(Cl)C=C(Cl)/C=C(/OCC(=O)O)C1Cl. The highest BCUT2D eigenvalue weighted by molar-refractivity contribution is 6.33. The summed E-state index contributed by atoms with van der Waals surface area (Å²) in [5.41, 5.74) is 0.781. The van der Waals surface area contributed by atoms with E-state index in [-0.39, 0.29) is 5.38 Å². The molecule has 0 fully saturated rings. The molecule has 0 aromatic rings. The largest absolute Gasteiger partial charge is 0.484 e. The van der Waals surface area contributed by atoms with E-state index in [0.29, 0.717) is 10.8 Å². The van der Waals surface area contributed by atoms with E-state index in [9.17, 15) is 4.79 Å². The fourth-order valence-corrected chi connectivity index (χ4v) is 2.12. The number of carboxylic acid groups (broad SMARTS) is 1. The maximum absolute atomic E-state index is 10.4. The Hall–Kier alpha value is -0.640. The lowest BCUT2D eigenvalue weighted by Gasteiger charge is -2.18. The molecule has 0 aliphatic heterocycles. The lowest BCUT2D eigenvalue weighted by atomic mass is 10.1. The Labute approximate surface area is 114 Å². The van der Waals surface area contributed by atoms with Crippen LogP contribution in [0.25, 0.3) is 0 Å². The molecule has 0 aromatic carbocycles. The molecule has 0 heterocycles. The van der Waals surface area contributed by atoms with Crippen molar-refractivity contribution in [1.82, 2.24) is 0 Å². The van der Waals surface area contributed by atoms with Crippen LogP contribution in [0.2, 0.25) is 0 Å². The van der Waals surface area contributed by atoms with E-state index in [1.165, 1.54) is 6.08 Å². The van der Waals surface area contributed by atoms with Gasteiger partial charge in [0.2, 0.25) is 0 Å². The number of ether oxygens (including phenoxy) is 1. The van der Waals surface area contributed by atoms with Gasteiger partial charge in [-0.1, -0.05) is 23.3 Å². The molecular weight excluding hydrogens is 286 g/mol. The van der Waals surface area contributed by atoms with Crippen LogP contribution in [0.1, 0.15) is 6.92 Å². The number of hydrogen-bond donors (Lipinski definition) is 1. The Morgan fingerprint density at radius 3 is 2.71 bits per heavy atom. The maximum atomic E-state index is 10.4. The number of aliphatic carboxylic acids is 1. The highest BCUT2D eigenvalue weighted by Crippen LogP contribution is 2.26. The van der Waals surface area contributed by atoms with E-state index < -0.39 is 18.0 Å². The topological polar surface area (TPSA) is 46.5 Å². The Bertz CT molecular complexity index is 399. The van der Waals surface area contributed by atoms with Gasteiger partial charge >= 0.3 is 5.97 Å². The molecule has 0 saturated carbocycles. The van der Waals surface area contributed by atoms with Crippen LogP contribution in [-0.4, -0.2) is 28.4 Å². The van der Waals surface area contributed by atoms with Crippen molar-refractivity contribution in [3.05, 3.63) is 34.6 Å². The van der Waals surface area contributed by atoms with E-state index in [2.05, 4.69) is 0 Å². The maximum Gasteiger partial charge on any atom is 0.341 e. The van der Waals surface area contributed by atoms with Crippen LogP contribution < -0.4 is 0 Å². The first-order chi connectivity index (χ1) is 7.90. The van der Waals surface area contributed by atoms with Crippen molar-refractivity contribution >= 4 is 40.8 Å². The van der Waals surface area contributed by atoms with Crippen molar-refractivity contribution in [2.24, 2.45) is 0 Å². The van der Waals surface area contributed by atoms with E-state index in [0.717, 1.165) is 5.57 Å². The van der Waals surface area contributed by atoms with Crippen molar-refractivity contribution in [1.29, 1.82) is 0 Å². The summed E-state index contributed by atoms with van der Waals surface area (Å²) in [6.45, 7) is 1.33. The van der Waals surface area contributed by atoms with Gasteiger partial charge in [-0.05, 0) is 19.1 Å². The van der Waals surface area contributed by atoms with E-state index in [1.807, 2.05) is 0 Å². The monoisotopic (exact) mass is 296 g/mol. The summed E-state index contributed by atoms with van der Waals surface area (Å²) in [5.74, 6) is -0.776. The number of rotatable bonds is 3. The molecule has 17 heavy (non-hydrogen) atoms. The van der Waals surface area contributed by atoms with Gasteiger partial charge in [0.05, 0.1) is 5.38 Å². The fourth-order valence-electron chi connectivity index (χ4n) is 1.28. The Balaban J connectivity index is 2.96. The van der Waals surface area contributed by atoms with Crippen molar-refractivity contribution < 1.29 is 14.6 Å². The number of hydrogen-bond acceptors (Lipinski definition) is 2. The normalized spacial score (nSPS) is 31.2. The van der Waals surface area contributed by atoms with Crippen LogP contribution in [0.5, 0.6) is 0 Å². The molecule has 6 heteroatoms. The first-order valence-corrected chi connectivity index (χ1v) is 6.05. The van der Waals surface area contributed by atoms with Crippen LogP contribution in [0, 0.1) is 0 Å². The average Bonchev–Trinajstić information content (AvgIpc) is 2.21. The predicted molar refractivity (Wildman–Crippen MR) is 68.6 cm³/mol. The highest BCUT2D eigenvalue weighted by Gasteiger charge is 2.19. The molecule has 3 nitrogen and oxygen atoms in total. The van der Waals surface area contributed by atoms with Crippen molar-refractivity contribution in [2.75, 3.05) is 6.61 Å². The summed E-state index contributed by atoms with van der Waals surface area (Å²) in [6, 6.07) is 0. The second-order valence-corrected chi connectivity index (χ2v) is 4.88. The number of carbonyl (C=O) groups is 1. The molecule has 2 atom stereocenters. The highest BCUT2D eigenvalue weighted by atomic mass is 35.5. The minimum atomic E-state index is -1.08. The van der Waals surface area contributed by atoms with Crippen LogP contribution in [0.15, 0.2) is 34.6 Å². The third-order valence-electron chi connectivity index (χ3n) is 2.03. The van der Waals surface area contributed by atoms with Crippen molar-refractivity contribution in [3.63, 3.8) is 0 Å². The molecule has 0 spiro atoms. The van der Waals surface area contributed by atoms with Gasteiger partial charge in [0.25, 0.3) is 0 Å². The predicted octanol–water partition coefficient (Wildman–Crippen LogP) is 3.27. The summed E-state index contributed by atoms with van der Waals surface area (Å²) in [7, 11) is 0. The van der Waals surface area contributed by atoms with Crippen molar-refractivity contribution in [3.8, 4) is 0 Å². The number of alkyl halides is 2. The lowest BCUT2D eigenvalue weighted by Crippen LogP contribution is -2.15. The van der Waals surface area contributed by atoms with Crippen LogP contribution in [0.3, 0.4) is 0 Å². The average molecular weight is 298 g/mol. The van der Waals surface area contributed by atoms with Crippen LogP contribution in [0.4, 0.5) is 0 Å².